The van der Waals surface area contributed by atoms with Crippen molar-refractivity contribution in [2.75, 3.05) is 0 Å². The lowest BCUT2D eigenvalue weighted by atomic mass is 9.98. The monoisotopic (exact) mass is 267 g/mol. The van der Waals surface area contributed by atoms with Crippen LogP contribution in [-0.2, 0) is 6.42 Å². The number of halogens is 1. The molecule has 2 aromatic rings. The average Bonchev–Trinajstić information content (AvgIpc) is 2.46. The van der Waals surface area contributed by atoms with E-state index in [2.05, 4.69) is 6.07 Å². The minimum atomic E-state index is 0.750. The summed E-state index contributed by atoms with van der Waals surface area (Å²) in [6.07, 6.45) is 3.38. The van der Waals surface area contributed by atoms with Gasteiger partial charge in [-0.25, -0.2) is 0 Å². The van der Waals surface area contributed by atoms with Crippen LogP contribution >= 0.6 is 11.6 Å². The van der Waals surface area contributed by atoms with Crippen molar-refractivity contribution in [3.05, 3.63) is 76.8 Å². The first-order chi connectivity index (χ1) is 9.29. The number of rotatable bonds is 4. The predicted octanol–water partition coefficient (Wildman–Crippen LogP) is 4.88. The van der Waals surface area contributed by atoms with Gasteiger partial charge in [0.15, 0.2) is 0 Å². The summed E-state index contributed by atoms with van der Waals surface area (Å²) >= 11 is 5.87. The molecule has 0 saturated carbocycles. The van der Waals surface area contributed by atoms with Gasteiger partial charge in [0, 0.05) is 11.1 Å². The Morgan fingerprint density at radius 1 is 1.05 bits per heavy atom. The van der Waals surface area contributed by atoms with E-state index in [1.54, 1.807) is 6.08 Å². The van der Waals surface area contributed by atoms with Gasteiger partial charge in [-0.3, -0.25) is 0 Å². The SMILES string of the molecule is N#C/C=C(/CCc1ccc(Cl)cc1)c1ccccc1. The van der Waals surface area contributed by atoms with Crippen molar-refractivity contribution < 1.29 is 0 Å². The molecule has 0 unspecified atom stereocenters. The average molecular weight is 268 g/mol. The third kappa shape index (κ3) is 3.98. The zero-order valence-electron chi connectivity index (χ0n) is 10.5. The molecule has 0 aliphatic rings. The second kappa shape index (κ2) is 6.78. The van der Waals surface area contributed by atoms with Gasteiger partial charge in [0.2, 0.25) is 0 Å². The van der Waals surface area contributed by atoms with Crippen molar-refractivity contribution in [2.24, 2.45) is 0 Å². The first-order valence-electron chi connectivity index (χ1n) is 6.18. The molecule has 0 aromatic heterocycles. The normalized spacial score (nSPS) is 11.1. The molecule has 0 radical (unpaired) electrons. The van der Waals surface area contributed by atoms with E-state index in [0.717, 1.165) is 29.0 Å². The van der Waals surface area contributed by atoms with Crippen molar-refractivity contribution >= 4 is 17.2 Å². The third-order valence-electron chi connectivity index (χ3n) is 2.98. The van der Waals surface area contributed by atoms with Crippen molar-refractivity contribution in [2.45, 2.75) is 12.8 Å². The molecular weight excluding hydrogens is 254 g/mol. The Balaban J connectivity index is 2.09. The lowest BCUT2D eigenvalue weighted by Gasteiger charge is -2.07. The lowest BCUT2D eigenvalue weighted by Crippen LogP contribution is -1.89. The fraction of sp³-hybridized carbons (Fsp3) is 0.118. The fourth-order valence-corrected chi connectivity index (χ4v) is 2.09. The van der Waals surface area contributed by atoms with Crippen LogP contribution in [0.4, 0.5) is 0 Å². The van der Waals surface area contributed by atoms with E-state index in [0.29, 0.717) is 0 Å². The third-order valence-corrected chi connectivity index (χ3v) is 3.23. The van der Waals surface area contributed by atoms with E-state index in [1.165, 1.54) is 5.56 Å². The molecule has 94 valence electrons. The highest BCUT2D eigenvalue weighted by atomic mass is 35.5. The highest BCUT2D eigenvalue weighted by Gasteiger charge is 2.02. The molecule has 0 amide bonds. The zero-order valence-corrected chi connectivity index (χ0v) is 11.3. The number of nitriles is 1. The molecule has 0 aliphatic carbocycles. The van der Waals surface area contributed by atoms with Crippen LogP contribution in [0.15, 0.2) is 60.7 Å². The van der Waals surface area contributed by atoms with E-state index in [1.807, 2.05) is 54.6 Å². The summed E-state index contributed by atoms with van der Waals surface area (Å²) in [6.45, 7) is 0. The molecule has 2 rings (SSSR count). The number of benzene rings is 2. The molecule has 2 aromatic carbocycles. The number of nitrogens with zero attached hydrogens (tertiary/aromatic N) is 1. The summed E-state index contributed by atoms with van der Waals surface area (Å²) in [7, 11) is 0. The molecule has 0 bridgehead atoms. The summed E-state index contributed by atoms with van der Waals surface area (Å²) in [5.41, 5.74) is 3.40. The van der Waals surface area contributed by atoms with Crippen LogP contribution in [0.1, 0.15) is 17.5 Å². The van der Waals surface area contributed by atoms with Crippen LogP contribution in [0.25, 0.3) is 5.57 Å². The molecule has 2 heteroatoms. The number of aryl methyl sites for hydroxylation is 1. The van der Waals surface area contributed by atoms with Crippen molar-refractivity contribution in [3.63, 3.8) is 0 Å². The van der Waals surface area contributed by atoms with Crippen molar-refractivity contribution in [1.82, 2.24) is 0 Å². The first kappa shape index (κ1) is 13.4. The Kier molecular flexibility index (Phi) is 4.78. The molecule has 0 N–H and O–H groups in total. The van der Waals surface area contributed by atoms with E-state index < -0.39 is 0 Å². The minimum Gasteiger partial charge on any atom is -0.193 e. The molecule has 0 spiro atoms. The maximum absolute atomic E-state index is 8.89. The van der Waals surface area contributed by atoms with Gasteiger partial charge in [0.05, 0.1) is 6.07 Å². The molecule has 1 nitrogen and oxygen atoms in total. The standard InChI is InChI=1S/C17H14ClN/c18-17-10-7-14(8-11-17)6-9-16(12-13-19)15-4-2-1-3-5-15/h1-5,7-8,10-12H,6,9H2/b16-12-. The molecule has 0 saturated heterocycles. The predicted molar refractivity (Wildman–Crippen MR) is 79.8 cm³/mol. The van der Waals surface area contributed by atoms with Gasteiger partial charge in [-0.15, -0.1) is 0 Å². The highest BCUT2D eigenvalue weighted by molar-refractivity contribution is 6.30. The molecule has 0 aliphatic heterocycles. The topological polar surface area (TPSA) is 23.8 Å². The second-order valence-electron chi connectivity index (χ2n) is 4.29. The van der Waals surface area contributed by atoms with Crippen molar-refractivity contribution in [1.29, 1.82) is 5.26 Å². The van der Waals surface area contributed by atoms with Gasteiger partial charge >= 0.3 is 0 Å². The second-order valence-corrected chi connectivity index (χ2v) is 4.73. The van der Waals surface area contributed by atoms with Crippen LogP contribution < -0.4 is 0 Å². The maximum Gasteiger partial charge on any atom is 0.0915 e. The van der Waals surface area contributed by atoms with Gasteiger partial charge in [0.1, 0.15) is 0 Å². The number of hydrogen-bond acceptors (Lipinski definition) is 1. The van der Waals surface area contributed by atoms with Gasteiger partial charge in [-0.1, -0.05) is 54.1 Å². The van der Waals surface area contributed by atoms with Gasteiger partial charge < -0.3 is 0 Å². The van der Waals surface area contributed by atoms with E-state index in [9.17, 15) is 0 Å². The van der Waals surface area contributed by atoms with Gasteiger partial charge in [-0.2, -0.15) is 5.26 Å². The zero-order chi connectivity index (χ0) is 13.5. The number of allylic oxidation sites excluding steroid dienone is 2. The van der Waals surface area contributed by atoms with Crippen LogP contribution in [0, 0.1) is 11.3 Å². The first-order valence-corrected chi connectivity index (χ1v) is 6.56. The Morgan fingerprint density at radius 2 is 1.74 bits per heavy atom. The van der Waals surface area contributed by atoms with Crippen LogP contribution in [0.5, 0.6) is 0 Å². The van der Waals surface area contributed by atoms with Crippen molar-refractivity contribution in [3.8, 4) is 6.07 Å². The molecular formula is C17H14ClN. The van der Waals surface area contributed by atoms with E-state index in [-0.39, 0.29) is 0 Å². The molecule has 0 fully saturated rings. The summed E-state index contributed by atoms with van der Waals surface area (Å²) in [6, 6.07) is 20.0. The Bertz CT molecular complexity index is 591. The molecule has 19 heavy (non-hydrogen) atoms. The lowest BCUT2D eigenvalue weighted by molar-refractivity contribution is 1.02. The molecule has 0 atom stereocenters. The smallest absolute Gasteiger partial charge is 0.0915 e. The number of hydrogen-bond donors (Lipinski definition) is 0. The van der Waals surface area contributed by atoms with Crippen LogP contribution in [-0.4, -0.2) is 0 Å². The molecule has 0 heterocycles. The quantitative estimate of drug-likeness (QED) is 0.724. The summed E-state index contributed by atoms with van der Waals surface area (Å²) in [4.78, 5) is 0. The van der Waals surface area contributed by atoms with Crippen LogP contribution in [0.3, 0.4) is 0 Å². The van der Waals surface area contributed by atoms with Gasteiger partial charge in [-0.05, 0) is 41.7 Å². The van der Waals surface area contributed by atoms with Gasteiger partial charge in [0.25, 0.3) is 0 Å². The Morgan fingerprint density at radius 3 is 2.37 bits per heavy atom. The summed E-state index contributed by atoms with van der Waals surface area (Å²) < 4.78 is 0. The highest BCUT2D eigenvalue weighted by Crippen LogP contribution is 2.21. The fourth-order valence-electron chi connectivity index (χ4n) is 1.96. The van der Waals surface area contributed by atoms with E-state index >= 15 is 0 Å². The van der Waals surface area contributed by atoms with Crippen LogP contribution in [0.2, 0.25) is 5.02 Å². The summed E-state index contributed by atoms with van der Waals surface area (Å²) in [5, 5.41) is 9.64. The Hall–Kier alpha value is -2.04. The Labute approximate surface area is 118 Å². The van der Waals surface area contributed by atoms with E-state index in [4.69, 9.17) is 16.9 Å². The maximum atomic E-state index is 8.89. The summed E-state index contributed by atoms with van der Waals surface area (Å²) in [5.74, 6) is 0. The largest absolute Gasteiger partial charge is 0.193 e. The minimum absolute atomic E-state index is 0.750.